The van der Waals surface area contributed by atoms with Crippen molar-refractivity contribution in [3.05, 3.63) is 48.0 Å². The monoisotopic (exact) mass is 261 g/mol. The Bertz CT molecular complexity index is 610. The van der Waals surface area contributed by atoms with Gasteiger partial charge in [-0.15, -0.1) is 0 Å². The van der Waals surface area contributed by atoms with Gasteiger partial charge in [0.05, 0.1) is 0 Å². The molecule has 1 heterocycles. The molecule has 2 atom stereocenters. The number of nitrogens with zero attached hydrogens (tertiary/aromatic N) is 1. The van der Waals surface area contributed by atoms with Gasteiger partial charge in [0.1, 0.15) is 5.37 Å². The van der Waals surface area contributed by atoms with Crippen LogP contribution in [0.2, 0.25) is 0 Å². The molecule has 3 rings (SSSR count). The lowest BCUT2D eigenvalue weighted by molar-refractivity contribution is -0.131. The van der Waals surface area contributed by atoms with E-state index in [4.69, 9.17) is 0 Å². The fraction of sp³-hybridized carbons (Fsp3) is 0.214. The van der Waals surface area contributed by atoms with Crippen molar-refractivity contribution in [2.75, 3.05) is 7.05 Å². The van der Waals surface area contributed by atoms with Gasteiger partial charge < -0.3 is 4.90 Å². The first-order valence-electron chi connectivity index (χ1n) is 5.72. The summed E-state index contributed by atoms with van der Waals surface area (Å²) in [4.78, 5) is 13.0. The Hall–Kier alpha value is -1.55. The molecule has 0 bridgehead atoms. The Kier molecular flexibility index (Phi) is 2.74. The zero-order chi connectivity index (χ0) is 12.7. The summed E-state index contributed by atoms with van der Waals surface area (Å²) >= 11 is 1.06. The Balaban J connectivity index is 2.13. The van der Waals surface area contributed by atoms with Gasteiger partial charge in [0, 0.05) is 7.05 Å². The van der Waals surface area contributed by atoms with E-state index in [0.717, 1.165) is 28.1 Å². The third-order valence-corrected chi connectivity index (χ3v) is 4.50. The molecule has 0 unspecified atom stereocenters. The number of hydrogen-bond acceptors (Lipinski definition) is 2. The van der Waals surface area contributed by atoms with E-state index in [0.29, 0.717) is 0 Å². The molecule has 2 aromatic carbocycles. The Labute approximate surface area is 109 Å². The molecule has 18 heavy (non-hydrogen) atoms. The summed E-state index contributed by atoms with van der Waals surface area (Å²) < 4.78 is 13.5. The molecular weight excluding hydrogens is 249 g/mol. The molecule has 0 N–H and O–H groups in total. The highest BCUT2D eigenvalue weighted by Crippen LogP contribution is 2.44. The van der Waals surface area contributed by atoms with E-state index in [9.17, 15) is 9.18 Å². The lowest BCUT2D eigenvalue weighted by Crippen LogP contribution is -2.25. The Morgan fingerprint density at radius 1 is 1.17 bits per heavy atom. The van der Waals surface area contributed by atoms with E-state index in [1.807, 2.05) is 42.5 Å². The van der Waals surface area contributed by atoms with E-state index in [1.54, 1.807) is 7.05 Å². The van der Waals surface area contributed by atoms with Gasteiger partial charge in [0.2, 0.25) is 5.50 Å². The van der Waals surface area contributed by atoms with Crippen molar-refractivity contribution >= 4 is 28.4 Å². The number of benzene rings is 2. The number of alkyl halides is 1. The second-order valence-electron chi connectivity index (χ2n) is 4.32. The standard InChI is InChI=1S/C14H12FNOS/c1-16-13(17)12(15)18-14(16)11-8-4-6-9-5-2-3-7-10(9)11/h2-8,12,14H,1H3/t12-,14-/m0/s1. The zero-order valence-corrected chi connectivity index (χ0v) is 10.7. The van der Waals surface area contributed by atoms with Crippen LogP contribution in [0.4, 0.5) is 4.39 Å². The first-order chi connectivity index (χ1) is 8.68. The van der Waals surface area contributed by atoms with Gasteiger partial charge in [-0.2, -0.15) is 0 Å². The van der Waals surface area contributed by atoms with E-state index in [-0.39, 0.29) is 5.37 Å². The molecule has 0 aromatic heterocycles. The van der Waals surface area contributed by atoms with Gasteiger partial charge in [0.25, 0.3) is 5.91 Å². The minimum absolute atomic E-state index is 0.237. The van der Waals surface area contributed by atoms with Gasteiger partial charge in [0.15, 0.2) is 0 Å². The minimum Gasteiger partial charge on any atom is -0.326 e. The lowest BCUT2D eigenvalue weighted by atomic mass is 10.0. The van der Waals surface area contributed by atoms with Crippen molar-refractivity contribution in [2.24, 2.45) is 0 Å². The van der Waals surface area contributed by atoms with Crippen LogP contribution in [-0.4, -0.2) is 23.4 Å². The average molecular weight is 261 g/mol. The highest BCUT2D eigenvalue weighted by Gasteiger charge is 2.39. The van der Waals surface area contributed by atoms with Crippen LogP contribution in [-0.2, 0) is 4.79 Å². The van der Waals surface area contributed by atoms with Crippen LogP contribution in [0.15, 0.2) is 42.5 Å². The van der Waals surface area contributed by atoms with Gasteiger partial charge >= 0.3 is 0 Å². The summed E-state index contributed by atoms with van der Waals surface area (Å²) in [6.45, 7) is 0. The molecule has 0 aliphatic carbocycles. The molecule has 1 aliphatic heterocycles. The van der Waals surface area contributed by atoms with Crippen LogP contribution in [0.25, 0.3) is 10.8 Å². The van der Waals surface area contributed by atoms with Crippen LogP contribution >= 0.6 is 11.8 Å². The van der Waals surface area contributed by atoms with E-state index < -0.39 is 11.4 Å². The maximum Gasteiger partial charge on any atom is 0.268 e. The molecule has 0 saturated carbocycles. The highest BCUT2D eigenvalue weighted by atomic mass is 32.2. The van der Waals surface area contributed by atoms with Crippen molar-refractivity contribution in [1.82, 2.24) is 4.90 Å². The SMILES string of the molecule is CN1C(=O)[C@@H](F)S[C@H]1c1cccc2ccccc12. The van der Waals surface area contributed by atoms with Gasteiger partial charge in [-0.05, 0) is 16.3 Å². The highest BCUT2D eigenvalue weighted by molar-refractivity contribution is 8.01. The summed E-state index contributed by atoms with van der Waals surface area (Å²) in [5.74, 6) is -0.446. The third-order valence-electron chi connectivity index (χ3n) is 3.23. The predicted octanol–water partition coefficient (Wildman–Crippen LogP) is 3.34. The van der Waals surface area contributed by atoms with E-state index in [2.05, 4.69) is 0 Å². The maximum atomic E-state index is 13.5. The van der Waals surface area contributed by atoms with Crippen LogP contribution in [0.3, 0.4) is 0 Å². The molecular formula is C14H12FNOS. The number of carbonyl (C=O) groups excluding carboxylic acids is 1. The number of carbonyl (C=O) groups is 1. The van der Waals surface area contributed by atoms with Crippen molar-refractivity contribution in [3.63, 3.8) is 0 Å². The quantitative estimate of drug-likeness (QED) is 0.784. The largest absolute Gasteiger partial charge is 0.326 e. The second-order valence-corrected chi connectivity index (χ2v) is 5.45. The molecule has 1 amide bonds. The summed E-state index contributed by atoms with van der Waals surface area (Å²) in [6, 6.07) is 13.9. The number of hydrogen-bond donors (Lipinski definition) is 0. The van der Waals surface area contributed by atoms with Crippen LogP contribution in [0.1, 0.15) is 10.9 Å². The topological polar surface area (TPSA) is 20.3 Å². The number of thioether (sulfide) groups is 1. The van der Waals surface area contributed by atoms with Crippen LogP contribution < -0.4 is 0 Å². The van der Waals surface area contributed by atoms with Crippen molar-refractivity contribution < 1.29 is 9.18 Å². The molecule has 1 fully saturated rings. The number of fused-ring (bicyclic) bond motifs is 1. The number of rotatable bonds is 1. The summed E-state index contributed by atoms with van der Waals surface area (Å²) in [7, 11) is 1.65. The normalized spacial score (nSPS) is 23.9. The molecule has 92 valence electrons. The van der Waals surface area contributed by atoms with Gasteiger partial charge in [-0.25, -0.2) is 4.39 Å². The Morgan fingerprint density at radius 2 is 1.89 bits per heavy atom. The minimum atomic E-state index is -1.45. The van der Waals surface area contributed by atoms with Crippen LogP contribution in [0, 0.1) is 0 Å². The first kappa shape index (κ1) is 11.5. The third kappa shape index (κ3) is 1.68. The molecule has 1 aliphatic rings. The molecule has 1 saturated heterocycles. The molecule has 2 aromatic rings. The molecule has 4 heteroatoms. The van der Waals surface area contributed by atoms with E-state index >= 15 is 0 Å². The van der Waals surface area contributed by atoms with Gasteiger partial charge in [-0.1, -0.05) is 54.2 Å². The van der Waals surface area contributed by atoms with Gasteiger partial charge in [-0.3, -0.25) is 4.79 Å². The number of halogens is 1. The maximum absolute atomic E-state index is 13.5. The predicted molar refractivity (Wildman–Crippen MR) is 71.9 cm³/mol. The summed E-state index contributed by atoms with van der Waals surface area (Å²) in [5.41, 5.74) is -0.451. The van der Waals surface area contributed by atoms with Crippen molar-refractivity contribution in [3.8, 4) is 0 Å². The van der Waals surface area contributed by atoms with Crippen molar-refractivity contribution in [1.29, 1.82) is 0 Å². The summed E-state index contributed by atoms with van der Waals surface area (Å²) in [5, 5.41) is 1.95. The number of amides is 1. The Morgan fingerprint density at radius 3 is 2.61 bits per heavy atom. The zero-order valence-electron chi connectivity index (χ0n) is 9.84. The fourth-order valence-corrected chi connectivity index (χ4v) is 3.43. The smallest absolute Gasteiger partial charge is 0.268 e. The van der Waals surface area contributed by atoms with E-state index in [1.165, 1.54) is 4.90 Å². The average Bonchev–Trinajstić information content (AvgIpc) is 2.66. The molecule has 2 nitrogen and oxygen atoms in total. The summed E-state index contributed by atoms with van der Waals surface area (Å²) in [6.07, 6.45) is 0. The van der Waals surface area contributed by atoms with Crippen molar-refractivity contribution in [2.45, 2.75) is 10.9 Å². The second kappa shape index (κ2) is 4.28. The molecule has 0 spiro atoms. The first-order valence-corrected chi connectivity index (χ1v) is 6.66. The van der Waals surface area contributed by atoms with Crippen LogP contribution in [0.5, 0.6) is 0 Å². The lowest BCUT2D eigenvalue weighted by Gasteiger charge is -2.20. The molecule has 0 radical (unpaired) electrons. The fourth-order valence-electron chi connectivity index (χ4n) is 2.29.